The van der Waals surface area contributed by atoms with Crippen molar-refractivity contribution in [3.05, 3.63) is 52.0 Å². The van der Waals surface area contributed by atoms with Gasteiger partial charge in [-0.3, -0.25) is 14.5 Å². The van der Waals surface area contributed by atoms with Crippen LogP contribution in [0.15, 0.2) is 40.8 Å². The number of nitrogens with zero attached hydrogens (tertiary/aromatic N) is 4. The molecule has 126 valence electrons. The molecule has 0 aromatic carbocycles. The first-order chi connectivity index (χ1) is 12.0. The van der Waals surface area contributed by atoms with Crippen LogP contribution in [-0.2, 0) is 0 Å². The topological polar surface area (TPSA) is 76.5 Å². The number of thiophene rings is 1. The highest BCUT2D eigenvalue weighted by Gasteiger charge is 2.17. The minimum atomic E-state index is -0.143. The quantitative estimate of drug-likeness (QED) is 0.609. The molecule has 0 saturated heterocycles. The zero-order chi connectivity index (χ0) is 17.6. The maximum absolute atomic E-state index is 12.5. The second kappa shape index (κ2) is 5.93. The highest BCUT2D eigenvalue weighted by Crippen LogP contribution is 2.33. The third kappa shape index (κ3) is 2.66. The molecule has 0 amide bonds. The van der Waals surface area contributed by atoms with Crippen LogP contribution in [0.3, 0.4) is 0 Å². The standard InChI is InChI=1S/C18H17N5OS/c1-10(2)23-8-12(11(3)22-23)13-9-25-16-15(13)20-17(21-18(16)24)14-6-4-5-7-19-14/h4-10H,1-3H3,(H,20,21,24). The highest BCUT2D eigenvalue weighted by molar-refractivity contribution is 7.17. The molecular weight excluding hydrogens is 334 g/mol. The number of fused-ring (bicyclic) bond motifs is 1. The Morgan fingerprint density at radius 2 is 2.08 bits per heavy atom. The van der Waals surface area contributed by atoms with Crippen molar-refractivity contribution in [2.45, 2.75) is 26.8 Å². The second-order valence-electron chi connectivity index (χ2n) is 6.16. The number of hydrogen-bond acceptors (Lipinski definition) is 5. The molecule has 25 heavy (non-hydrogen) atoms. The highest BCUT2D eigenvalue weighted by atomic mass is 32.1. The molecule has 0 aliphatic carbocycles. The van der Waals surface area contributed by atoms with Crippen molar-refractivity contribution in [1.29, 1.82) is 0 Å². The van der Waals surface area contributed by atoms with E-state index in [1.54, 1.807) is 6.20 Å². The Hall–Kier alpha value is -2.80. The maximum Gasteiger partial charge on any atom is 0.269 e. The number of H-pyrrole nitrogens is 1. The minimum Gasteiger partial charge on any atom is -0.304 e. The van der Waals surface area contributed by atoms with Crippen molar-refractivity contribution in [3.8, 4) is 22.6 Å². The molecule has 4 heterocycles. The van der Waals surface area contributed by atoms with Gasteiger partial charge in [0, 0.05) is 34.9 Å². The summed E-state index contributed by atoms with van der Waals surface area (Å²) in [6, 6.07) is 5.81. The molecule has 0 radical (unpaired) electrons. The van der Waals surface area contributed by atoms with Gasteiger partial charge in [0.25, 0.3) is 5.56 Å². The Balaban J connectivity index is 1.94. The lowest BCUT2D eigenvalue weighted by molar-refractivity contribution is 0.529. The van der Waals surface area contributed by atoms with Crippen LogP contribution in [-0.4, -0.2) is 24.7 Å². The van der Waals surface area contributed by atoms with Gasteiger partial charge in [0.1, 0.15) is 10.4 Å². The van der Waals surface area contributed by atoms with E-state index in [0.717, 1.165) is 16.8 Å². The summed E-state index contributed by atoms with van der Waals surface area (Å²) >= 11 is 1.40. The van der Waals surface area contributed by atoms with E-state index < -0.39 is 0 Å². The minimum absolute atomic E-state index is 0.143. The van der Waals surface area contributed by atoms with Crippen LogP contribution >= 0.6 is 11.3 Å². The van der Waals surface area contributed by atoms with Crippen molar-refractivity contribution in [3.63, 3.8) is 0 Å². The van der Waals surface area contributed by atoms with Crippen LogP contribution in [0.1, 0.15) is 25.6 Å². The van der Waals surface area contributed by atoms with E-state index in [9.17, 15) is 4.79 Å². The first-order valence-electron chi connectivity index (χ1n) is 8.03. The normalized spacial score (nSPS) is 11.5. The third-order valence-electron chi connectivity index (χ3n) is 4.07. The molecule has 0 aliphatic rings. The van der Waals surface area contributed by atoms with Crippen LogP contribution in [0.4, 0.5) is 0 Å². The maximum atomic E-state index is 12.5. The van der Waals surface area contributed by atoms with Crippen molar-refractivity contribution in [1.82, 2.24) is 24.7 Å². The predicted molar refractivity (Wildman–Crippen MR) is 99.8 cm³/mol. The van der Waals surface area contributed by atoms with Gasteiger partial charge in [0.15, 0.2) is 5.82 Å². The Morgan fingerprint density at radius 3 is 2.76 bits per heavy atom. The van der Waals surface area contributed by atoms with Gasteiger partial charge in [-0.15, -0.1) is 11.3 Å². The molecule has 7 heteroatoms. The molecule has 4 aromatic rings. The van der Waals surface area contributed by atoms with E-state index in [1.807, 2.05) is 41.4 Å². The zero-order valence-electron chi connectivity index (χ0n) is 14.1. The summed E-state index contributed by atoms with van der Waals surface area (Å²) in [6.45, 7) is 6.15. The Morgan fingerprint density at radius 1 is 1.24 bits per heavy atom. The average Bonchev–Trinajstić information content (AvgIpc) is 3.19. The van der Waals surface area contributed by atoms with E-state index in [1.165, 1.54) is 11.3 Å². The smallest absolute Gasteiger partial charge is 0.269 e. The van der Waals surface area contributed by atoms with E-state index >= 15 is 0 Å². The van der Waals surface area contributed by atoms with Gasteiger partial charge in [-0.25, -0.2) is 4.98 Å². The first kappa shape index (κ1) is 15.7. The second-order valence-corrected chi connectivity index (χ2v) is 7.04. The van der Waals surface area contributed by atoms with E-state index in [0.29, 0.717) is 21.7 Å². The summed E-state index contributed by atoms with van der Waals surface area (Å²) in [7, 11) is 0. The summed E-state index contributed by atoms with van der Waals surface area (Å²) < 4.78 is 2.55. The fraction of sp³-hybridized carbons (Fsp3) is 0.222. The molecular formula is C18H17N5OS. The van der Waals surface area contributed by atoms with Crippen LogP contribution < -0.4 is 5.56 Å². The van der Waals surface area contributed by atoms with Gasteiger partial charge in [-0.05, 0) is 32.9 Å². The van der Waals surface area contributed by atoms with E-state index in [2.05, 4.69) is 28.9 Å². The molecule has 0 saturated carbocycles. The van der Waals surface area contributed by atoms with Gasteiger partial charge < -0.3 is 4.98 Å². The van der Waals surface area contributed by atoms with Gasteiger partial charge in [-0.2, -0.15) is 5.10 Å². The molecule has 6 nitrogen and oxygen atoms in total. The lowest BCUT2D eigenvalue weighted by Crippen LogP contribution is -2.08. The molecule has 0 unspecified atom stereocenters. The number of pyridine rings is 1. The van der Waals surface area contributed by atoms with Crippen LogP contribution in [0.25, 0.3) is 32.9 Å². The summed E-state index contributed by atoms with van der Waals surface area (Å²) in [5.41, 5.74) is 4.07. The summed E-state index contributed by atoms with van der Waals surface area (Å²) in [6.07, 6.45) is 3.70. The number of rotatable bonds is 3. The van der Waals surface area contributed by atoms with Crippen molar-refractivity contribution in [2.24, 2.45) is 0 Å². The third-order valence-corrected chi connectivity index (χ3v) is 5.04. The molecule has 0 bridgehead atoms. The molecule has 1 N–H and O–H groups in total. The fourth-order valence-electron chi connectivity index (χ4n) is 2.75. The van der Waals surface area contributed by atoms with Crippen LogP contribution in [0, 0.1) is 6.92 Å². The first-order valence-corrected chi connectivity index (χ1v) is 8.91. The molecule has 4 rings (SSSR count). The van der Waals surface area contributed by atoms with Crippen molar-refractivity contribution in [2.75, 3.05) is 0 Å². The zero-order valence-corrected chi connectivity index (χ0v) is 15.0. The van der Waals surface area contributed by atoms with Gasteiger partial charge >= 0.3 is 0 Å². The molecule has 0 atom stereocenters. The number of aryl methyl sites for hydroxylation is 1. The number of aromatic amines is 1. The van der Waals surface area contributed by atoms with Crippen molar-refractivity contribution < 1.29 is 0 Å². The predicted octanol–water partition coefficient (Wildman–Crippen LogP) is 3.80. The molecule has 0 aliphatic heterocycles. The Kier molecular flexibility index (Phi) is 3.73. The van der Waals surface area contributed by atoms with E-state index in [-0.39, 0.29) is 11.6 Å². The average molecular weight is 351 g/mol. The summed E-state index contributed by atoms with van der Waals surface area (Å²) in [4.78, 5) is 24.3. The van der Waals surface area contributed by atoms with Gasteiger partial charge in [0.2, 0.25) is 0 Å². The summed E-state index contributed by atoms with van der Waals surface area (Å²) in [5, 5.41) is 6.55. The lowest BCUT2D eigenvalue weighted by atomic mass is 10.1. The largest absolute Gasteiger partial charge is 0.304 e. The lowest BCUT2D eigenvalue weighted by Gasteiger charge is -2.03. The molecule has 0 spiro atoms. The number of aromatic nitrogens is 5. The Bertz CT molecular complexity index is 1110. The number of hydrogen-bond donors (Lipinski definition) is 1. The SMILES string of the molecule is Cc1nn(C(C)C)cc1-c1csc2c(=O)[nH]c(-c3ccccn3)nc12. The molecule has 0 fully saturated rings. The number of nitrogens with one attached hydrogen (secondary N) is 1. The van der Waals surface area contributed by atoms with Gasteiger partial charge in [-0.1, -0.05) is 6.07 Å². The summed E-state index contributed by atoms with van der Waals surface area (Å²) in [5.74, 6) is 0.478. The van der Waals surface area contributed by atoms with Crippen LogP contribution in [0.5, 0.6) is 0 Å². The Labute approximate surface area is 148 Å². The molecule has 4 aromatic heterocycles. The van der Waals surface area contributed by atoms with Crippen LogP contribution in [0.2, 0.25) is 0 Å². The van der Waals surface area contributed by atoms with E-state index in [4.69, 9.17) is 4.98 Å². The monoisotopic (exact) mass is 351 g/mol. The fourth-order valence-corrected chi connectivity index (χ4v) is 3.65. The van der Waals surface area contributed by atoms with Crippen molar-refractivity contribution >= 4 is 21.6 Å². The van der Waals surface area contributed by atoms with Gasteiger partial charge in [0.05, 0.1) is 11.2 Å².